The van der Waals surface area contributed by atoms with Gasteiger partial charge in [0.15, 0.2) is 0 Å². The molecule has 0 heterocycles. The largest absolute Gasteiger partial charge is 0.376 e. The van der Waals surface area contributed by atoms with Crippen molar-refractivity contribution in [2.75, 3.05) is 6.73 Å². The molecule has 3 nitrogen and oxygen atoms in total. The number of alkyl halides is 3. The molecule has 0 atom stereocenters. The molecule has 0 aliphatic rings. The highest BCUT2D eigenvalue weighted by Gasteiger charge is 2.27. The molecule has 0 radical (unpaired) electrons. The Morgan fingerprint density at radius 1 is 1.56 bits per heavy atom. The third-order valence-electron chi connectivity index (χ3n) is 0.497. The second kappa shape index (κ2) is 3.90. The predicted molar refractivity (Wildman–Crippen MR) is 44.7 cm³/mol. The molecule has 0 spiro atoms. The summed E-state index contributed by atoms with van der Waals surface area (Å²) in [5.74, 6) is -0.384. The Morgan fingerprint density at radius 2 is 2.00 bits per heavy atom. The molecule has 0 fully saturated rings. The van der Waals surface area contributed by atoms with Gasteiger partial charge in [-0.2, -0.15) is 0 Å². The summed E-state index contributed by atoms with van der Waals surface area (Å²) in [6.07, 6.45) is 0. The fourth-order valence-corrected chi connectivity index (χ4v) is 0.593. The molecule has 0 aromatic carbocycles. The van der Waals surface area contributed by atoms with E-state index in [1.165, 1.54) is 0 Å². The number of halogens is 3. The first-order chi connectivity index (χ1) is 3.98. The van der Waals surface area contributed by atoms with Crippen LogP contribution in [0.3, 0.4) is 0 Å². The standard InChI is InChI=1S/C3H4Br3NO2/c4-3(5,6)2(9)7-1-8/h8H,1H2,(H,7,9). The Hall–Kier alpha value is 0.870. The minimum atomic E-state index is -0.963. The number of carbonyl (C=O) groups is 1. The van der Waals surface area contributed by atoms with Gasteiger partial charge in [-0.15, -0.1) is 0 Å². The van der Waals surface area contributed by atoms with E-state index in [2.05, 4.69) is 53.1 Å². The van der Waals surface area contributed by atoms with E-state index in [0.717, 1.165) is 0 Å². The number of amides is 1. The van der Waals surface area contributed by atoms with Crippen molar-refractivity contribution in [2.24, 2.45) is 0 Å². The van der Waals surface area contributed by atoms with Crippen molar-refractivity contribution < 1.29 is 9.90 Å². The van der Waals surface area contributed by atoms with Crippen LogP contribution >= 0.6 is 47.8 Å². The maximum Gasteiger partial charge on any atom is 0.260 e. The lowest BCUT2D eigenvalue weighted by atomic mass is 10.7. The Balaban J connectivity index is 3.74. The van der Waals surface area contributed by atoms with Gasteiger partial charge in [0.25, 0.3) is 5.91 Å². The number of rotatable bonds is 1. The lowest BCUT2D eigenvalue weighted by Crippen LogP contribution is -2.33. The highest BCUT2D eigenvalue weighted by atomic mass is 80.0. The molecule has 0 saturated heterocycles. The maximum atomic E-state index is 10.7. The molecule has 2 N–H and O–H groups in total. The zero-order valence-electron chi connectivity index (χ0n) is 4.20. The van der Waals surface area contributed by atoms with E-state index in [1.807, 2.05) is 0 Å². The molecule has 0 aliphatic heterocycles. The summed E-state index contributed by atoms with van der Waals surface area (Å²) in [5, 5.41) is 10.4. The quantitative estimate of drug-likeness (QED) is 0.556. The average molecular weight is 326 g/mol. The van der Waals surface area contributed by atoms with Gasteiger partial charge in [-0.1, -0.05) is 0 Å². The fraction of sp³-hybridized carbons (Fsp3) is 0.667. The van der Waals surface area contributed by atoms with Crippen LogP contribution in [0.5, 0.6) is 0 Å². The van der Waals surface area contributed by atoms with Crippen molar-refractivity contribution in [3.8, 4) is 0 Å². The Bertz CT molecular complexity index is 110. The number of aliphatic hydroxyl groups is 1. The van der Waals surface area contributed by atoms with E-state index >= 15 is 0 Å². The van der Waals surface area contributed by atoms with Gasteiger partial charge in [-0.25, -0.2) is 0 Å². The monoisotopic (exact) mass is 323 g/mol. The second-order valence-corrected chi connectivity index (χ2v) is 7.92. The summed E-state index contributed by atoms with van der Waals surface area (Å²) < 4.78 is -0.963. The zero-order valence-corrected chi connectivity index (χ0v) is 8.95. The summed E-state index contributed by atoms with van der Waals surface area (Å²) >= 11 is 8.87. The van der Waals surface area contributed by atoms with Crippen molar-refractivity contribution in [2.45, 2.75) is 2.14 Å². The van der Waals surface area contributed by atoms with Crippen molar-refractivity contribution in [1.29, 1.82) is 0 Å². The molecular formula is C3H4Br3NO2. The zero-order chi connectivity index (χ0) is 7.49. The molecular weight excluding hydrogens is 322 g/mol. The lowest BCUT2D eigenvalue weighted by molar-refractivity contribution is -0.120. The topological polar surface area (TPSA) is 49.3 Å². The summed E-state index contributed by atoms with van der Waals surface area (Å²) in [6.45, 7) is -0.372. The van der Waals surface area contributed by atoms with Gasteiger partial charge in [0.1, 0.15) is 6.73 Å². The highest BCUT2D eigenvalue weighted by molar-refractivity contribution is 9.40. The van der Waals surface area contributed by atoms with Crippen LogP contribution in [0, 0.1) is 0 Å². The molecule has 6 heteroatoms. The number of hydrogen-bond donors (Lipinski definition) is 2. The van der Waals surface area contributed by atoms with Gasteiger partial charge in [-0.3, -0.25) is 4.79 Å². The first-order valence-electron chi connectivity index (χ1n) is 1.94. The van der Waals surface area contributed by atoms with Gasteiger partial charge in [0.2, 0.25) is 2.14 Å². The van der Waals surface area contributed by atoms with E-state index in [0.29, 0.717) is 0 Å². The SMILES string of the molecule is O=C(NCO)C(Br)(Br)Br. The smallest absolute Gasteiger partial charge is 0.260 e. The Morgan fingerprint density at radius 3 is 2.11 bits per heavy atom. The molecule has 0 unspecified atom stereocenters. The van der Waals surface area contributed by atoms with Crippen LogP contribution in [0.15, 0.2) is 0 Å². The molecule has 0 aliphatic carbocycles. The molecule has 0 bridgehead atoms. The van der Waals surface area contributed by atoms with Gasteiger partial charge < -0.3 is 10.4 Å². The number of aliphatic hydroxyl groups excluding tert-OH is 1. The third kappa shape index (κ3) is 4.30. The molecule has 54 valence electrons. The fourth-order valence-electron chi connectivity index (χ4n) is 0.172. The third-order valence-corrected chi connectivity index (χ3v) is 1.58. The van der Waals surface area contributed by atoms with Gasteiger partial charge in [-0.05, 0) is 47.8 Å². The van der Waals surface area contributed by atoms with Gasteiger partial charge in [0.05, 0.1) is 0 Å². The molecule has 0 aromatic rings. The molecule has 9 heavy (non-hydrogen) atoms. The summed E-state index contributed by atoms with van der Waals surface area (Å²) in [6, 6.07) is 0. The first-order valence-corrected chi connectivity index (χ1v) is 4.32. The maximum absolute atomic E-state index is 10.7. The molecule has 0 rings (SSSR count). The first kappa shape index (κ1) is 9.87. The second-order valence-electron chi connectivity index (χ2n) is 1.16. The average Bonchev–Trinajstić information content (AvgIpc) is 1.64. The molecule has 1 amide bonds. The van der Waals surface area contributed by atoms with Crippen LogP contribution in [0.25, 0.3) is 0 Å². The van der Waals surface area contributed by atoms with Crippen molar-refractivity contribution in [1.82, 2.24) is 5.32 Å². The van der Waals surface area contributed by atoms with Gasteiger partial charge >= 0.3 is 0 Å². The van der Waals surface area contributed by atoms with Crippen LogP contribution in [0.1, 0.15) is 0 Å². The van der Waals surface area contributed by atoms with Crippen LogP contribution in [-0.4, -0.2) is 19.9 Å². The van der Waals surface area contributed by atoms with Crippen LogP contribution in [0.4, 0.5) is 0 Å². The van der Waals surface area contributed by atoms with E-state index in [9.17, 15) is 4.79 Å². The molecule has 0 saturated carbocycles. The Labute approximate surface area is 77.6 Å². The summed E-state index contributed by atoms with van der Waals surface area (Å²) in [5.41, 5.74) is 0. The number of nitrogens with one attached hydrogen (secondary N) is 1. The highest BCUT2D eigenvalue weighted by Crippen LogP contribution is 2.33. The lowest BCUT2D eigenvalue weighted by Gasteiger charge is -2.09. The summed E-state index contributed by atoms with van der Waals surface area (Å²) in [7, 11) is 0. The normalized spacial score (nSPS) is 11.1. The van der Waals surface area contributed by atoms with E-state index in [4.69, 9.17) is 5.11 Å². The van der Waals surface area contributed by atoms with E-state index < -0.39 is 2.14 Å². The number of carbonyl (C=O) groups excluding carboxylic acids is 1. The minimum absolute atomic E-state index is 0.372. The van der Waals surface area contributed by atoms with Crippen molar-refractivity contribution >= 4 is 53.7 Å². The van der Waals surface area contributed by atoms with Crippen molar-refractivity contribution in [3.05, 3.63) is 0 Å². The van der Waals surface area contributed by atoms with Crippen LogP contribution in [0.2, 0.25) is 0 Å². The Kier molecular flexibility index (Phi) is 4.28. The number of hydrogen-bond acceptors (Lipinski definition) is 2. The van der Waals surface area contributed by atoms with Crippen LogP contribution in [-0.2, 0) is 4.79 Å². The van der Waals surface area contributed by atoms with E-state index in [1.54, 1.807) is 0 Å². The summed E-state index contributed by atoms with van der Waals surface area (Å²) in [4.78, 5) is 10.7. The van der Waals surface area contributed by atoms with E-state index in [-0.39, 0.29) is 12.6 Å². The van der Waals surface area contributed by atoms with Crippen molar-refractivity contribution in [3.63, 3.8) is 0 Å². The molecule has 0 aromatic heterocycles. The van der Waals surface area contributed by atoms with Crippen LogP contribution < -0.4 is 5.32 Å². The minimum Gasteiger partial charge on any atom is -0.376 e. The predicted octanol–water partition coefficient (Wildman–Crippen LogP) is 0.891. The van der Waals surface area contributed by atoms with Gasteiger partial charge in [0, 0.05) is 0 Å².